The van der Waals surface area contributed by atoms with Crippen molar-refractivity contribution in [3.05, 3.63) is 10.8 Å². The monoisotopic (exact) mass is 286 g/mol. The molecule has 0 saturated heterocycles. The zero-order chi connectivity index (χ0) is 14.6. The number of rotatable bonds is 4. The maximum absolute atomic E-state index is 11.6. The van der Waals surface area contributed by atoms with Gasteiger partial charge >= 0.3 is 5.97 Å². The molecule has 0 radical (unpaired) electrons. The van der Waals surface area contributed by atoms with E-state index in [1.54, 1.807) is 0 Å². The van der Waals surface area contributed by atoms with Crippen LogP contribution in [0.15, 0.2) is 0 Å². The van der Waals surface area contributed by atoms with Crippen LogP contribution < -0.4 is 16.4 Å². The summed E-state index contributed by atoms with van der Waals surface area (Å²) < 4.78 is 0. The smallest absolute Gasteiger partial charge is 0.322 e. The van der Waals surface area contributed by atoms with Crippen LogP contribution in [0.3, 0.4) is 0 Å². The van der Waals surface area contributed by atoms with Gasteiger partial charge in [0.1, 0.15) is 6.54 Å². The lowest BCUT2D eigenvalue weighted by molar-refractivity contribution is -0.134. The number of carbonyl (C=O) groups excluding carboxylic acids is 1. The minimum atomic E-state index is -1.11. The lowest BCUT2D eigenvalue weighted by Crippen LogP contribution is -2.29. The van der Waals surface area contributed by atoms with Gasteiger partial charge in [0.05, 0.1) is 5.84 Å². The van der Waals surface area contributed by atoms with Gasteiger partial charge in [-0.25, -0.2) is 9.97 Å². The Morgan fingerprint density at radius 3 is 2.63 bits per heavy atom. The van der Waals surface area contributed by atoms with Gasteiger partial charge in [-0.2, -0.15) is 0 Å². The third kappa shape index (κ3) is 4.07. The van der Waals surface area contributed by atoms with Gasteiger partial charge in [0.25, 0.3) is 5.91 Å². The number of hydrogen-bond donors (Lipinski definition) is 5. The fraction of sp³-hybridized carbons (Fsp3) is 0.222. The third-order valence-electron chi connectivity index (χ3n) is 1.80. The van der Waals surface area contributed by atoms with Gasteiger partial charge in [-0.1, -0.05) is 11.6 Å². The number of carbonyl (C=O) groups is 2. The summed E-state index contributed by atoms with van der Waals surface area (Å²) in [6.45, 7) is 0.949. The number of aromatic nitrogens is 2. The Balaban J connectivity index is 2.99. The molecule has 1 heterocycles. The molecule has 0 aromatic carbocycles. The Hall–Kier alpha value is -2.42. The standard InChI is InChI=1S/C9H11ClN6O3/c1-3(11)14-9(19)5-7(12)16-8(6(10)15-5)13-2-4(17)18/h2H2,1H3,(H,17,18)(H2,11,14,19)(H3,12,13,16). The second-order valence-corrected chi connectivity index (χ2v) is 3.78. The Bertz CT molecular complexity index is 547. The quantitative estimate of drug-likeness (QED) is 0.383. The molecule has 0 aliphatic heterocycles. The predicted molar refractivity (Wildman–Crippen MR) is 68.4 cm³/mol. The Labute approximate surface area is 112 Å². The number of hydrogen-bond acceptors (Lipinski definition) is 7. The maximum Gasteiger partial charge on any atom is 0.322 e. The molecule has 0 fully saturated rings. The molecule has 102 valence electrons. The van der Waals surface area contributed by atoms with Crippen LogP contribution in [0, 0.1) is 5.41 Å². The topological polar surface area (TPSA) is 154 Å². The summed E-state index contributed by atoms with van der Waals surface area (Å²) in [5.41, 5.74) is 5.28. The van der Waals surface area contributed by atoms with Crippen LogP contribution in [0.1, 0.15) is 17.4 Å². The van der Waals surface area contributed by atoms with Crippen molar-refractivity contribution in [2.24, 2.45) is 0 Å². The van der Waals surface area contributed by atoms with Crippen molar-refractivity contribution in [3.63, 3.8) is 0 Å². The molecule has 0 unspecified atom stereocenters. The van der Waals surface area contributed by atoms with Gasteiger partial charge in [-0.15, -0.1) is 0 Å². The van der Waals surface area contributed by atoms with Crippen molar-refractivity contribution in [2.75, 3.05) is 17.6 Å². The first-order valence-corrected chi connectivity index (χ1v) is 5.34. The maximum atomic E-state index is 11.6. The molecule has 9 nitrogen and oxygen atoms in total. The van der Waals surface area contributed by atoms with Crippen molar-refractivity contribution in [3.8, 4) is 0 Å². The number of nitrogens with one attached hydrogen (secondary N) is 3. The molecule has 19 heavy (non-hydrogen) atoms. The highest BCUT2D eigenvalue weighted by Crippen LogP contribution is 2.20. The number of carboxylic acids is 1. The normalized spacial score (nSPS) is 9.79. The zero-order valence-corrected chi connectivity index (χ0v) is 10.6. The highest BCUT2D eigenvalue weighted by atomic mass is 35.5. The van der Waals surface area contributed by atoms with Crippen LogP contribution in [0.4, 0.5) is 11.6 Å². The first kappa shape index (κ1) is 14.6. The Kier molecular flexibility index (Phi) is 4.59. The van der Waals surface area contributed by atoms with Crippen molar-refractivity contribution in [1.29, 1.82) is 5.41 Å². The van der Waals surface area contributed by atoms with E-state index in [0.717, 1.165) is 0 Å². The van der Waals surface area contributed by atoms with Crippen LogP contribution in [0.5, 0.6) is 0 Å². The first-order valence-electron chi connectivity index (χ1n) is 4.96. The van der Waals surface area contributed by atoms with Gasteiger partial charge in [-0.05, 0) is 6.92 Å². The molecule has 1 aromatic rings. The van der Waals surface area contributed by atoms with Crippen LogP contribution in [0.2, 0.25) is 5.15 Å². The number of anilines is 2. The second-order valence-electron chi connectivity index (χ2n) is 3.42. The van der Waals surface area contributed by atoms with E-state index in [2.05, 4.69) is 20.6 Å². The van der Waals surface area contributed by atoms with E-state index in [1.165, 1.54) is 6.92 Å². The molecule has 0 saturated carbocycles. The molecule has 1 aromatic heterocycles. The number of nitrogen functional groups attached to an aromatic ring is 1. The van der Waals surface area contributed by atoms with E-state index >= 15 is 0 Å². The fourth-order valence-corrected chi connectivity index (χ4v) is 1.29. The van der Waals surface area contributed by atoms with E-state index in [4.69, 9.17) is 27.9 Å². The van der Waals surface area contributed by atoms with Crippen LogP contribution in [-0.2, 0) is 4.79 Å². The Morgan fingerprint density at radius 1 is 1.47 bits per heavy atom. The summed E-state index contributed by atoms with van der Waals surface area (Å²) in [7, 11) is 0. The number of carboxylic acid groups (broad SMARTS) is 1. The lowest BCUT2D eigenvalue weighted by Gasteiger charge is -2.09. The van der Waals surface area contributed by atoms with Crippen molar-refractivity contribution < 1.29 is 14.7 Å². The average Bonchev–Trinajstić information content (AvgIpc) is 2.28. The molecule has 0 spiro atoms. The van der Waals surface area contributed by atoms with E-state index < -0.39 is 18.4 Å². The molecule has 0 aliphatic carbocycles. The molecule has 10 heteroatoms. The van der Waals surface area contributed by atoms with E-state index in [-0.39, 0.29) is 28.3 Å². The number of nitrogens with two attached hydrogens (primary N) is 1. The van der Waals surface area contributed by atoms with Crippen LogP contribution in [0.25, 0.3) is 0 Å². The Morgan fingerprint density at radius 2 is 2.11 bits per heavy atom. The summed E-state index contributed by atoms with van der Waals surface area (Å²) in [4.78, 5) is 29.5. The minimum absolute atomic E-state index is 0.0373. The molecule has 0 aliphatic rings. The van der Waals surface area contributed by atoms with Gasteiger partial charge in [0.2, 0.25) is 0 Å². The molecular weight excluding hydrogens is 276 g/mol. The van der Waals surface area contributed by atoms with E-state index in [0.29, 0.717) is 0 Å². The highest BCUT2D eigenvalue weighted by molar-refractivity contribution is 6.32. The summed E-state index contributed by atoms with van der Waals surface area (Å²) in [5, 5.41) is 20.0. The van der Waals surface area contributed by atoms with E-state index in [1.807, 2.05) is 0 Å². The first-order chi connectivity index (χ1) is 8.81. The third-order valence-corrected chi connectivity index (χ3v) is 2.07. The van der Waals surface area contributed by atoms with E-state index in [9.17, 15) is 9.59 Å². The average molecular weight is 287 g/mol. The molecule has 1 amide bonds. The van der Waals surface area contributed by atoms with Crippen LogP contribution >= 0.6 is 11.6 Å². The zero-order valence-electron chi connectivity index (χ0n) is 9.82. The molecule has 0 bridgehead atoms. The summed E-state index contributed by atoms with van der Waals surface area (Å²) in [6.07, 6.45) is 0. The summed E-state index contributed by atoms with van der Waals surface area (Å²) >= 11 is 5.75. The lowest BCUT2D eigenvalue weighted by atomic mass is 10.3. The summed E-state index contributed by atoms with van der Waals surface area (Å²) in [6, 6.07) is 0. The van der Waals surface area contributed by atoms with Crippen LogP contribution in [-0.4, -0.2) is 39.3 Å². The summed E-state index contributed by atoms with van der Waals surface area (Å²) in [5.74, 6) is -2.18. The predicted octanol–water partition coefficient (Wildman–Crippen LogP) is -0.0643. The number of nitrogens with zero attached hydrogens (tertiary/aromatic N) is 2. The largest absolute Gasteiger partial charge is 0.480 e. The highest BCUT2D eigenvalue weighted by Gasteiger charge is 2.17. The van der Waals surface area contributed by atoms with Gasteiger partial charge in [0.15, 0.2) is 22.5 Å². The SMILES string of the molecule is CC(=N)NC(=O)c1nc(Cl)c(NCC(=O)O)nc1N. The fourth-order valence-electron chi connectivity index (χ4n) is 1.10. The van der Waals surface area contributed by atoms with Gasteiger partial charge < -0.3 is 21.5 Å². The van der Waals surface area contributed by atoms with Crippen molar-refractivity contribution in [1.82, 2.24) is 15.3 Å². The number of aliphatic carboxylic acids is 1. The molecule has 6 N–H and O–H groups in total. The number of halogens is 1. The molecular formula is C9H11ClN6O3. The van der Waals surface area contributed by atoms with Crippen molar-refractivity contribution in [2.45, 2.75) is 6.92 Å². The number of amidine groups is 1. The van der Waals surface area contributed by atoms with Gasteiger partial charge in [-0.3, -0.25) is 15.0 Å². The van der Waals surface area contributed by atoms with Crippen molar-refractivity contribution >= 4 is 40.9 Å². The second kappa shape index (κ2) is 5.96. The minimum Gasteiger partial charge on any atom is -0.480 e. The molecule has 0 atom stereocenters. The number of amides is 1. The van der Waals surface area contributed by atoms with Gasteiger partial charge in [0, 0.05) is 0 Å². The molecule has 1 rings (SSSR count).